The van der Waals surface area contributed by atoms with Crippen molar-refractivity contribution in [2.24, 2.45) is 0 Å². The lowest BCUT2D eigenvalue weighted by molar-refractivity contribution is 0.0714. The van der Waals surface area contributed by atoms with Gasteiger partial charge in [0.05, 0.1) is 18.0 Å². The van der Waals surface area contributed by atoms with Crippen molar-refractivity contribution in [3.8, 4) is 11.6 Å². The van der Waals surface area contributed by atoms with Gasteiger partial charge in [-0.15, -0.1) is 0 Å². The first-order valence-electron chi connectivity index (χ1n) is 9.18. The van der Waals surface area contributed by atoms with Gasteiger partial charge in [0.1, 0.15) is 5.82 Å². The van der Waals surface area contributed by atoms with E-state index in [1.807, 2.05) is 41.3 Å². The van der Waals surface area contributed by atoms with Gasteiger partial charge in [-0.3, -0.25) is 4.79 Å². The third-order valence-electron chi connectivity index (χ3n) is 4.92. The fraction of sp³-hybridized carbons (Fsp3) is 0.190. The Morgan fingerprint density at radius 2 is 1.64 bits per heavy atom. The lowest BCUT2D eigenvalue weighted by atomic mass is 10.2. The molecule has 0 N–H and O–H groups in total. The molecule has 7 heteroatoms. The number of anilines is 1. The molecule has 3 aromatic heterocycles. The van der Waals surface area contributed by atoms with E-state index in [-0.39, 0.29) is 5.91 Å². The van der Waals surface area contributed by atoms with Crippen molar-refractivity contribution in [3.63, 3.8) is 0 Å². The summed E-state index contributed by atoms with van der Waals surface area (Å²) in [5.74, 6) is 2.36. The van der Waals surface area contributed by atoms with E-state index in [1.54, 1.807) is 18.4 Å². The number of piperazine rings is 1. The SMILES string of the molecule is O=C(c1ccco1)N1CCN(c2nc(-c3ccco3)nc3ccccc23)CC1. The molecule has 1 aliphatic rings. The van der Waals surface area contributed by atoms with E-state index in [1.165, 1.54) is 6.26 Å². The molecule has 0 aliphatic carbocycles. The van der Waals surface area contributed by atoms with E-state index < -0.39 is 0 Å². The molecule has 1 aromatic carbocycles. The molecule has 1 fully saturated rings. The van der Waals surface area contributed by atoms with Crippen LogP contribution in [0.4, 0.5) is 5.82 Å². The van der Waals surface area contributed by atoms with Crippen LogP contribution in [0.5, 0.6) is 0 Å². The average Bonchev–Trinajstić information content (AvgIpc) is 3.47. The summed E-state index contributed by atoms with van der Waals surface area (Å²) in [5, 5.41) is 0.989. The smallest absolute Gasteiger partial charge is 0.289 e. The Morgan fingerprint density at radius 3 is 2.39 bits per heavy atom. The minimum Gasteiger partial charge on any atom is -0.461 e. The Bertz CT molecular complexity index is 1100. The predicted molar refractivity (Wildman–Crippen MR) is 104 cm³/mol. The van der Waals surface area contributed by atoms with Crippen LogP contribution in [0.1, 0.15) is 10.6 Å². The minimum absolute atomic E-state index is 0.0755. The first kappa shape index (κ1) is 16.6. The summed E-state index contributed by atoms with van der Waals surface area (Å²) < 4.78 is 10.7. The molecule has 0 atom stereocenters. The fourth-order valence-corrected chi connectivity index (χ4v) is 3.49. The number of hydrogen-bond acceptors (Lipinski definition) is 6. The van der Waals surface area contributed by atoms with Gasteiger partial charge in [-0.2, -0.15) is 0 Å². The lowest BCUT2D eigenvalue weighted by Crippen LogP contribution is -2.49. The molecule has 4 aromatic rings. The maximum atomic E-state index is 12.5. The molecule has 5 rings (SSSR count). The number of aromatic nitrogens is 2. The van der Waals surface area contributed by atoms with Crippen LogP contribution >= 0.6 is 0 Å². The van der Waals surface area contributed by atoms with Gasteiger partial charge in [0.2, 0.25) is 0 Å². The predicted octanol–water partition coefficient (Wildman–Crippen LogP) is 3.45. The van der Waals surface area contributed by atoms with Crippen LogP contribution in [0.25, 0.3) is 22.5 Å². The van der Waals surface area contributed by atoms with Crippen molar-refractivity contribution in [3.05, 3.63) is 66.8 Å². The van der Waals surface area contributed by atoms with Gasteiger partial charge < -0.3 is 18.6 Å². The van der Waals surface area contributed by atoms with E-state index >= 15 is 0 Å². The second kappa shape index (κ2) is 6.84. The number of carbonyl (C=O) groups excluding carboxylic acids is 1. The fourth-order valence-electron chi connectivity index (χ4n) is 3.49. The molecule has 140 valence electrons. The van der Waals surface area contributed by atoms with Crippen LogP contribution in [0.15, 0.2) is 69.9 Å². The summed E-state index contributed by atoms with van der Waals surface area (Å²) in [4.78, 5) is 25.9. The highest BCUT2D eigenvalue weighted by molar-refractivity contribution is 5.92. The van der Waals surface area contributed by atoms with Crippen LogP contribution < -0.4 is 4.90 Å². The first-order chi connectivity index (χ1) is 13.8. The van der Waals surface area contributed by atoms with Gasteiger partial charge in [0.15, 0.2) is 17.3 Å². The van der Waals surface area contributed by atoms with Gasteiger partial charge >= 0.3 is 0 Å². The Hall–Kier alpha value is -3.61. The van der Waals surface area contributed by atoms with Gasteiger partial charge in [-0.05, 0) is 36.4 Å². The van der Waals surface area contributed by atoms with Gasteiger partial charge in [-0.25, -0.2) is 9.97 Å². The van der Waals surface area contributed by atoms with E-state index in [0.29, 0.717) is 43.5 Å². The van der Waals surface area contributed by atoms with E-state index in [9.17, 15) is 4.79 Å². The molecular formula is C21H18N4O3. The summed E-state index contributed by atoms with van der Waals surface area (Å²) in [5.41, 5.74) is 0.869. The second-order valence-corrected chi connectivity index (χ2v) is 6.62. The number of hydrogen-bond donors (Lipinski definition) is 0. The Morgan fingerprint density at radius 1 is 0.857 bits per heavy atom. The molecule has 0 spiro atoms. The van der Waals surface area contributed by atoms with Gasteiger partial charge in [0, 0.05) is 31.6 Å². The van der Waals surface area contributed by atoms with Crippen molar-refractivity contribution in [2.45, 2.75) is 0 Å². The first-order valence-corrected chi connectivity index (χ1v) is 9.18. The highest BCUT2D eigenvalue weighted by Gasteiger charge is 2.26. The summed E-state index contributed by atoms with van der Waals surface area (Å²) in [6, 6.07) is 15.1. The molecule has 7 nitrogen and oxygen atoms in total. The number of amides is 1. The average molecular weight is 374 g/mol. The molecule has 4 heterocycles. The number of furan rings is 2. The lowest BCUT2D eigenvalue weighted by Gasteiger charge is -2.35. The van der Waals surface area contributed by atoms with Crippen LogP contribution in [0, 0.1) is 0 Å². The number of benzene rings is 1. The monoisotopic (exact) mass is 374 g/mol. The van der Waals surface area contributed by atoms with Crippen molar-refractivity contribution >= 4 is 22.6 Å². The third-order valence-corrected chi connectivity index (χ3v) is 4.92. The number of fused-ring (bicyclic) bond motifs is 1. The molecule has 0 unspecified atom stereocenters. The van der Waals surface area contributed by atoms with Crippen LogP contribution in [-0.4, -0.2) is 47.0 Å². The molecule has 1 amide bonds. The van der Waals surface area contributed by atoms with Crippen molar-refractivity contribution in [1.82, 2.24) is 14.9 Å². The molecular weight excluding hydrogens is 356 g/mol. The van der Waals surface area contributed by atoms with Crippen molar-refractivity contribution < 1.29 is 13.6 Å². The quantitative estimate of drug-likeness (QED) is 0.547. The van der Waals surface area contributed by atoms with Crippen LogP contribution in [0.3, 0.4) is 0 Å². The zero-order valence-corrected chi connectivity index (χ0v) is 15.1. The zero-order valence-electron chi connectivity index (χ0n) is 15.1. The summed E-state index contributed by atoms with van der Waals surface area (Å²) in [6.45, 7) is 2.58. The maximum Gasteiger partial charge on any atom is 0.289 e. The van der Waals surface area contributed by atoms with E-state index in [2.05, 4.69) is 9.88 Å². The molecule has 1 saturated heterocycles. The zero-order chi connectivity index (χ0) is 18.9. The Labute approximate surface area is 161 Å². The highest BCUT2D eigenvalue weighted by atomic mass is 16.3. The molecule has 0 radical (unpaired) electrons. The maximum absolute atomic E-state index is 12.5. The van der Waals surface area contributed by atoms with Gasteiger partial charge in [-0.1, -0.05) is 12.1 Å². The Kier molecular flexibility index (Phi) is 4.05. The van der Waals surface area contributed by atoms with Gasteiger partial charge in [0.25, 0.3) is 5.91 Å². The standard InChI is InChI=1S/C21H18N4O3/c26-21(18-8-4-14-28-18)25-11-9-24(10-12-25)20-15-5-1-2-6-16(15)22-19(23-20)17-7-3-13-27-17/h1-8,13-14H,9-12H2. The van der Waals surface area contributed by atoms with Crippen LogP contribution in [0.2, 0.25) is 0 Å². The summed E-state index contributed by atoms with van der Waals surface area (Å²) >= 11 is 0. The van der Waals surface area contributed by atoms with Crippen molar-refractivity contribution in [1.29, 1.82) is 0 Å². The number of para-hydroxylation sites is 1. The summed E-state index contributed by atoms with van der Waals surface area (Å²) in [7, 11) is 0. The molecule has 0 bridgehead atoms. The normalized spacial score (nSPS) is 14.6. The highest BCUT2D eigenvalue weighted by Crippen LogP contribution is 2.28. The van der Waals surface area contributed by atoms with E-state index in [0.717, 1.165) is 16.7 Å². The minimum atomic E-state index is -0.0755. The van der Waals surface area contributed by atoms with Crippen LogP contribution in [-0.2, 0) is 0 Å². The topological polar surface area (TPSA) is 75.6 Å². The molecule has 1 aliphatic heterocycles. The third kappa shape index (κ3) is 2.90. The van der Waals surface area contributed by atoms with Crippen molar-refractivity contribution in [2.75, 3.05) is 31.1 Å². The number of carbonyl (C=O) groups is 1. The molecule has 28 heavy (non-hydrogen) atoms. The summed E-state index contributed by atoms with van der Waals surface area (Å²) in [6.07, 6.45) is 3.14. The largest absolute Gasteiger partial charge is 0.461 e. The van der Waals surface area contributed by atoms with E-state index in [4.69, 9.17) is 13.8 Å². The Balaban J connectivity index is 1.44. The molecule has 0 saturated carbocycles. The number of rotatable bonds is 3. The number of nitrogens with zero attached hydrogens (tertiary/aromatic N) is 4. The second-order valence-electron chi connectivity index (χ2n) is 6.62.